The van der Waals surface area contributed by atoms with Gasteiger partial charge in [-0.05, 0) is 63.0 Å². The SMILES string of the molecule is CC(Cc1cccc(Br)c1)NC(=O)C1(n2cccn2)CCNCC1. The van der Waals surface area contributed by atoms with Gasteiger partial charge in [-0.2, -0.15) is 5.10 Å². The molecule has 24 heavy (non-hydrogen) atoms. The summed E-state index contributed by atoms with van der Waals surface area (Å²) in [6.45, 7) is 3.71. The summed E-state index contributed by atoms with van der Waals surface area (Å²) < 4.78 is 2.89. The molecule has 1 aromatic carbocycles. The number of piperidine rings is 1. The molecule has 1 fully saturated rings. The maximum atomic E-state index is 13.1. The highest BCUT2D eigenvalue weighted by Gasteiger charge is 2.42. The van der Waals surface area contributed by atoms with E-state index in [0.29, 0.717) is 0 Å². The van der Waals surface area contributed by atoms with Crippen molar-refractivity contribution in [3.8, 4) is 0 Å². The van der Waals surface area contributed by atoms with Gasteiger partial charge in [0.25, 0.3) is 0 Å². The third-order valence-electron chi connectivity index (χ3n) is 4.60. The Bertz CT molecular complexity index is 680. The Balaban J connectivity index is 1.71. The smallest absolute Gasteiger partial charge is 0.248 e. The lowest BCUT2D eigenvalue weighted by Gasteiger charge is -2.37. The summed E-state index contributed by atoms with van der Waals surface area (Å²) in [6.07, 6.45) is 5.94. The van der Waals surface area contributed by atoms with Crippen LogP contribution in [0.4, 0.5) is 0 Å². The van der Waals surface area contributed by atoms with E-state index in [2.05, 4.69) is 50.7 Å². The molecular formula is C18H23BrN4O. The fourth-order valence-corrected chi connectivity index (χ4v) is 3.80. The highest BCUT2D eigenvalue weighted by molar-refractivity contribution is 9.10. The fourth-order valence-electron chi connectivity index (χ4n) is 3.35. The van der Waals surface area contributed by atoms with Gasteiger partial charge in [0.15, 0.2) is 0 Å². The van der Waals surface area contributed by atoms with Crippen molar-refractivity contribution in [1.82, 2.24) is 20.4 Å². The molecule has 2 N–H and O–H groups in total. The van der Waals surface area contributed by atoms with Crippen LogP contribution in [0.3, 0.4) is 0 Å². The van der Waals surface area contributed by atoms with Gasteiger partial charge >= 0.3 is 0 Å². The summed E-state index contributed by atoms with van der Waals surface area (Å²) in [4.78, 5) is 13.1. The summed E-state index contributed by atoms with van der Waals surface area (Å²) in [5.41, 5.74) is 0.621. The molecule has 1 aromatic heterocycles. The predicted molar refractivity (Wildman–Crippen MR) is 97.8 cm³/mol. The second-order valence-corrected chi connectivity index (χ2v) is 7.36. The third-order valence-corrected chi connectivity index (χ3v) is 5.10. The zero-order valence-electron chi connectivity index (χ0n) is 13.8. The highest BCUT2D eigenvalue weighted by atomic mass is 79.9. The van der Waals surface area contributed by atoms with E-state index in [1.54, 1.807) is 6.20 Å². The zero-order valence-corrected chi connectivity index (χ0v) is 15.4. The lowest BCUT2D eigenvalue weighted by atomic mass is 9.87. The molecule has 0 saturated carbocycles. The summed E-state index contributed by atoms with van der Waals surface area (Å²) in [5.74, 6) is 0.0650. The van der Waals surface area contributed by atoms with Crippen molar-refractivity contribution in [2.45, 2.75) is 37.8 Å². The van der Waals surface area contributed by atoms with E-state index in [1.165, 1.54) is 5.56 Å². The molecule has 0 aliphatic carbocycles. The fraction of sp³-hybridized carbons (Fsp3) is 0.444. The van der Waals surface area contributed by atoms with E-state index >= 15 is 0 Å². The van der Waals surface area contributed by atoms with Gasteiger partial charge in [0, 0.05) is 22.9 Å². The van der Waals surface area contributed by atoms with Crippen LogP contribution in [0.25, 0.3) is 0 Å². The van der Waals surface area contributed by atoms with Crippen molar-refractivity contribution in [2.24, 2.45) is 0 Å². The maximum absolute atomic E-state index is 13.1. The highest BCUT2D eigenvalue weighted by Crippen LogP contribution is 2.27. The lowest BCUT2D eigenvalue weighted by molar-refractivity contribution is -0.132. The monoisotopic (exact) mass is 390 g/mol. The second kappa shape index (κ2) is 7.49. The molecule has 1 aliphatic rings. The van der Waals surface area contributed by atoms with Gasteiger partial charge in [0.1, 0.15) is 5.54 Å². The molecule has 5 nitrogen and oxygen atoms in total. The lowest BCUT2D eigenvalue weighted by Crippen LogP contribution is -2.56. The number of carbonyl (C=O) groups excluding carboxylic acids is 1. The standard InChI is InChI=1S/C18H23BrN4O/c1-14(12-15-4-2-5-16(19)13-15)22-17(24)18(6-9-20-10-7-18)23-11-3-8-21-23/h2-5,8,11,13-14,20H,6-7,9-10,12H2,1H3,(H,22,24). The van der Waals surface area contributed by atoms with Crippen molar-refractivity contribution in [1.29, 1.82) is 0 Å². The molecule has 2 heterocycles. The summed E-state index contributed by atoms with van der Waals surface area (Å²) in [6, 6.07) is 10.1. The molecule has 0 bridgehead atoms. The molecule has 128 valence electrons. The van der Waals surface area contributed by atoms with Crippen LogP contribution < -0.4 is 10.6 Å². The van der Waals surface area contributed by atoms with E-state index in [0.717, 1.165) is 36.8 Å². The van der Waals surface area contributed by atoms with Crippen molar-refractivity contribution >= 4 is 21.8 Å². The van der Waals surface area contributed by atoms with Crippen LogP contribution in [-0.2, 0) is 16.8 Å². The first kappa shape index (κ1) is 17.2. The van der Waals surface area contributed by atoms with Crippen LogP contribution in [0.1, 0.15) is 25.3 Å². The largest absolute Gasteiger partial charge is 0.351 e. The molecule has 2 aromatic rings. The van der Waals surface area contributed by atoms with Crippen LogP contribution in [-0.4, -0.2) is 34.8 Å². The predicted octanol–water partition coefficient (Wildman–Crippen LogP) is 2.47. The first-order chi connectivity index (χ1) is 11.6. The van der Waals surface area contributed by atoms with Gasteiger partial charge in [0.05, 0.1) is 0 Å². The van der Waals surface area contributed by atoms with Crippen LogP contribution in [0.2, 0.25) is 0 Å². The number of halogens is 1. The number of benzene rings is 1. The van der Waals surface area contributed by atoms with Gasteiger partial charge in [-0.1, -0.05) is 28.1 Å². The molecular weight excluding hydrogens is 368 g/mol. The summed E-state index contributed by atoms with van der Waals surface area (Å²) in [5, 5.41) is 10.9. The minimum atomic E-state index is -0.583. The Hall–Kier alpha value is -1.66. The van der Waals surface area contributed by atoms with E-state index in [1.807, 2.05) is 29.1 Å². The minimum absolute atomic E-state index is 0.0640. The first-order valence-electron chi connectivity index (χ1n) is 8.36. The summed E-state index contributed by atoms with van der Waals surface area (Å²) in [7, 11) is 0. The van der Waals surface area contributed by atoms with Crippen LogP contribution in [0, 0.1) is 0 Å². The number of aromatic nitrogens is 2. The molecule has 1 saturated heterocycles. The quantitative estimate of drug-likeness (QED) is 0.824. The Morgan fingerprint density at radius 1 is 1.42 bits per heavy atom. The van der Waals surface area contributed by atoms with Gasteiger partial charge in [0.2, 0.25) is 5.91 Å². The van der Waals surface area contributed by atoms with Crippen molar-refractivity contribution in [2.75, 3.05) is 13.1 Å². The van der Waals surface area contributed by atoms with Gasteiger partial charge < -0.3 is 10.6 Å². The number of hydrogen-bond donors (Lipinski definition) is 2. The van der Waals surface area contributed by atoms with Gasteiger partial charge in [-0.3, -0.25) is 9.48 Å². The number of hydrogen-bond acceptors (Lipinski definition) is 3. The number of carbonyl (C=O) groups is 1. The van der Waals surface area contributed by atoms with Gasteiger partial charge in [-0.25, -0.2) is 0 Å². The molecule has 0 radical (unpaired) electrons. The van der Waals surface area contributed by atoms with Crippen LogP contribution >= 0.6 is 15.9 Å². The Morgan fingerprint density at radius 3 is 2.88 bits per heavy atom. The van der Waals surface area contributed by atoms with Crippen molar-refractivity contribution < 1.29 is 4.79 Å². The molecule has 1 amide bonds. The van der Waals surface area contributed by atoms with Gasteiger partial charge in [-0.15, -0.1) is 0 Å². The van der Waals surface area contributed by atoms with Crippen LogP contribution in [0.15, 0.2) is 47.2 Å². The first-order valence-corrected chi connectivity index (χ1v) is 9.16. The number of nitrogens with zero attached hydrogens (tertiary/aromatic N) is 2. The average molecular weight is 391 g/mol. The molecule has 1 atom stereocenters. The molecule has 1 unspecified atom stereocenters. The average Bonchev–Trinajstić information content (AvgIpc) is 3.10. The number of rotatable bonds is 5. The Kier molecular flexibility index (Phi) is 5.36. The summed E-state index contributed by atoms with van der Waals surface area (Å²) >= 11 is 3.49. The van der Waals surface area contributed by atoms with E-state index < -0.39 is 5.54 Å². The second-order valence-electron chi connectivity index (χ2n) is 6.44. The van der Waals surface area contributed by atoms with E-state index in [9.17, 15) is 4.79 Å². The topological polar surface area (TPSA) is 59.0 Å². The van der Waals surface area contributed by atoms with E-state index in [4.69, 9.17) is 0 Å². The van der Waals surface area contributed by atoms with E-state index in [-0.39, 0.29) is 11.9 Å². The minimum Gasteiger partial charge on any atom is -0.351 e. The van der Waals surface area contributed by atoms with Crippen molar-refractivity contribution in [3.05, 3.63) is 52.8 Å². The molecule has 6 heteroatoms. The molecule has 3 rings (SSSR count). The maximum Gasteiger partial charge on any atom is 0.248 e. The molecule has 1 aliphatic heterocycles. The normalized spacial score (nSPS) is 18.1. The van der Waals surface area contributed by atoms with Crippen molar-refractivity contribution in [3.63, 3.8) is 0 Å². The number of amides is 1. The number of nitrogens with one attached hydrogen (secondary N) is 2. The Morgan fingerprint density at radius 2 is 2.21 bits per heavy atom. The Labute approximate surface area is 151 Å². The van der Waals surface area contributed by atoms with Crippen LogP contribution in [0.5, 0.6) is 0 Å². The third kappa shape index (κ3) is 3.70. The zero-order chi connectivity index (χ0) is 17.0. The molecule has 0 spiro atoms.